The molecule has 0 atom stereocenters. The number of hydrogen-bond acceptors (Lipinski definition) is 5. The van der Waals surface area contributed by atoms with Crippen molar-refractivity contribution in [1.29, 1.82) is 0 Å². The van der Waals surface area contributed by atoms with Crippen LogP contribution in [0.3, 0.4) is 0 Å². The minimum atomic E-state index is 0.559. The van der Waals surface area contributed by atoms with E-state index in [9.17, 15) is 0 Å². The summed E-state index contributed by atoms with van der Waals surface area (Å²) in [5.74, 6) is 3.55. The number of aromatic nitrogens is 3. The molecule has 0 saturated heterocycles. The molecule has 0 aliphatic heterocycles. The minimum absolute atomic E-state index is 0.559. The van der Waals surface area contributed by atoms with Gasteiger partial charge in [0.2, 0.25) is 5.82 Å². The highest BCUT2D eigenvalue weighted by molar-refractivity contribution is 5.79. The summed E-state index contributed by atoms with van der Waals surface area (Å²) in [4.78, 5) is 8.64. The summed E-state index contributed by atoms with van der Waals surface area (Å²) in [7, 11) is 3.40. The van der Waals surface area contributed by atoms with Crippen LogP contribution in [0.25, 0.3) is 11.6 Å². The molecule has 3 rings (SSSR count). The van der Waals surface area contributed by atoms with Gasteiger partial charge < -0.3 is 19.8 Å². The van der Waals surface area contributed by atoms with Crippen molar-refractivity contribution in [2.45, 2.75) is 13.0 Å². The smallest absolute Gasteiger partial charge is 0.216 e. The number of benzene rings is 1. The van der Waals surface area contributed by atoms with E-state index in [4.69, 9.17) is 9.15 Å². The Hall–Kier alpha value is -3.29. The third kappa shape index (κ3) is 4.41. The summed E-state index contributed by atoms with van der Waals surface area (Å²) in [6, 6.07) is 11.5. The van der Waals surface area contributed by atoms with Crippen molar-refractivity contribution in [1.82, 2.24) is 25.8 Å². The summed E-state index contributed by atoms with van der Waals surface area (Å²) in [5, 5.41) is 13.6. The number of methoxy groups -OCH3 is 1. The molecular formula is C18H22N6O2. The van der Waals surface area contributed by atoms with Crippen molar-refractivity contribution in [3.63, 3.8) is 0 Å². The summed E-state index contributed by atoms with van der Waals surface area (Å²) in [6.07, 6.45) is 2.29. The van der Waals surface area contributed by atoms with Crippen LogP contribution in [0.5, 0.6) is 5.75 Å². The monoisotopic (exact) mass is 354 g/mol. The molecule has 26 heavy (non-hydrogen) atoms. The molecule has 0 unspecified atom stereocenters. The van der Waals surface area contributed by atoms with Gasteiger partial charge in [0.05, 0.1) is 13.4 Å². The second-order valence-electron chi connectivity index (χ2n) is 5.50. The van der Waals surface area contributed by atoms with Gasteiger partial charge in [-0.2, -0.15) is 5.10 Å². The minimum Gasteiger partial charge on any atom is -0.496 e. The molecule has 8 heteroatoms. The van der Waals surface area contributed by atoms with E-state index in [2.05, 4.69) is 30.8 Å². The zero-order valence-electron chi connectivity index (χ0n) is 14.8. The fraction of sp³-hybridized carbons (Fsp3) is 0.278. The Morgan fingerprint density at radius 1 is 1.23 bits per heavy atom. The number of para-hydroxylation sites is 1. The van der Waals surface area contributed by atoms with Crippen LogP contribution < -0.4 is 15.4 Å². The van der Waals surface area contributed by atoms with E-state index in [1.807, 2.05) is 36.4 Å². The van der Waals surface area contributed by atoms with Crippen LogP contribution in [0, 0.1) is 0 Å². The lowest BCUT2D eigenvalue weighted by Gasteiger charge is -2.13. The number of hydrogen-bond donors (Lipinski definition) is 3. The zero-order chi connectivity index (χ0) is 18.2. The number of nitrogens with one attached hydrogen (secondary N) is 3. The van der Waals surface area contributed by atoms with E-state index in [-0.39, 0.29) is 0 Å². The van der Waals surface area contributed by atoms with Crippen LogP contribution >= 0.6 is 0 Å². The molecule has 1 aromatic carbocycles. The molecule has 0 spiro atoms. The number of nitrogens with zero attached hydrogens (tertiary/aromatic N) is 3. The number of aliphatic imine (C=N–C) groups is 1. The number of guanidine groups is 1. The van der Waals surface area contributed by atoms with E-state index in [0.717, 1.165) is 17.1 Å². The number of rotatable bonds is 7. The second kappa shape index (κ2) is 8.70. The van der Waals surface area contributed by atoms with Crippen LogP contribution in [-0.4, -0.2) is 41.8 Å². The molecular weight excluding hydrogens is 332 g/mol. The Morgan fingerprint density at radius 2 is 2.12 bits per heavy atom. The van der Waals surface area contributed by atoms with Crippen molar-refractivity contribution < 1.29 is 9.15 Å². The van der Waals surface area contributed by atoms with Gasteiger partial charge in [0, 0.05) is 32.1 Å². The van der Waals surface area contributed by atoms with Crippen molar-refractivity contribution in [3.8, 4) is 17.3 Å². The molecule has 0 aliphatic rings. The molecule has 8 nitrogen and oxygen atoms in total. The standard InChI is InChI=1S/C18H22N6O2/c1-19-18(21-12-13-6-3-4-7-14(13)25-2)20-10-9-16-22-17(24-23-16)15-8-5-11-26-15/h3-8,11H,9-10,12H2,1-2H3,(H2,19,20,21)(H,22,23,24). The predicted molar refractivity (Wildman–Crippen MR) is 99.0 cm³/mol. The number of aromatic amines is 1. The lowest BCUT2D eigenvalue weighted by atomic mass is 10.2. The summed E-state index contributed by atoms with van der Waals surface area (Å²) >= 11 is 0. The Kier molecular flexibility index (Phi) is 5.87. The lowest BCUT2D eigenvalue weighted by Crippen LogP contribution is -2.38. The average Bonchev–Trinajstić information content (AvgIpc) is 3.36. The molecule has 3 aromatic rings. The maximum atomic E-state index is 5.36. The highest BCUT2D eigenvalue weighted by Crippen LogP contribution is 2.16. The summed E-state index contributed by atoms with van der Waals surface area (Å²) < 4.78 is 10.6. The Bertz CT molecular complexity index is 841. The topological polar surface area (TPSA) is 100 Å². The molecule has 2 heterocycles. The van der Waals surface area contributed by atoms with E-state index < -0.39 is 0 Å². The highest BCUT2D eigenvalue weighted by Gasteiger charge is 2.08. The van der Waals surface area contributed by atoms with Crippen LogP contribution in [0.15, 0.2) is 52.1 Å². The molecule has 0 fully saturated rings. The van der Waals surface area contributed by atoms with Crippen LogP contribution in [-0.2, 0) is 13.0 Å². The fourth-order valence-electron chi connectivity index (χ4n) is 2.47. The molecule has 0 aliphatic carbocycles. The zero-order valence-corrected chi connectivity index (χ0v) is 14.8. The van der Waals surface area contributed by atoms with Crippen molar-refractivity contribution >= 4 is 5.96 Å². The SMILES string of the molecule is CN=C(NCCc1nc(-c2ccco2)n[nH]1)NCc1ccccc1OC. The fourth-order valence-corrected chi connectivity index (χ4v) is 2.47. The number of furan rings is 1. The Balaban J connectivity index is 1.47. The van der Waals surface area contributed by atoms with E-state index in [1.54, 1.807) is 20.4 Å². The third-order valence-corrected chi connectivity index (χ3v) is 3.79. The van der Waals surface area contributed by atoms with Crippen LogP contribution in [0.1, 0.15) is 11.4 Å². The first-order valence-electron chi connectivity index (χ1n) is 8.31. The largest absolute Gasteiger partial charge is 0.496 e. The van der Waals surface area contributed by atoms with Gasteiger partial charge in [-0.25, -0.2) is 4.98 Å². The van der Waals surface area contributed by atoms with E-state index >= 15 is 0 Å². The summed E-state index contributed by atoms with van der Waals surface area (Å²) in [6.45, 7) is 1.28. The van der Waals surface area contributed by atoms with Crippen molar-refractivity contribution in [2.75, 3.05) is 20.7 Å². The van der Waals surface area contributed by atoms with Gasteiger partial charge in [-0.3, -0.25) is 10.1 Å². The van der Waals surface area contributed by atoms with Gasteiger partial charge in [-0.15, -0.1) is 0 Å². The van der Waals surface area contributed by atoms with Crippen LogP contribution in [0.4, 0.5) is 0 Å². The van der Waals surface area contributed by atoms with Gasteiger partial charge in [0.1, 0.15) is 11.6 Å². The third-order valence-electron chi connectivity index (χ3n) is 3.79. The van der Waals surface area contributed by atoms with E-state index in [1.165, 1.54) is 0 Å². The second-order valence-corrected chi connectivity index (χ2v) is 5.50. The normalized spacial score (nSPS) is 11.4. The maximum absolute atomic E-state index is 5.36. The molecule has 0 bridgehead atoms. The summed E-state index contributed by atoms with van der Waals surface area (Å²) in [5.41, 5.74) is 1.07. The first-order valence-corrected chi connectivity index (χ1v) is 8.31. The van der Waals surface area contributed by atoms with Gasteiger partial charge in [0.15, 0.2) is 11.7 Å². The molecule has 136 valence electrons. The van der Waals surface area contributed by atoms with Gasteiger partial charge in [0.25, 0.3) is 0 Å². The number of ether oxygens (including phenoxy) is 1. The first kappa shape index (κ1) is 17.5. The highest BCUT2D eigenvalue weighted by atomic mass is 16.5. The van der Waals surface area contributed by atoms with Crippen molar-refractivity contribution in [2.24, 2.45) is 4.99 Å². The van der Waals surface area contributed by atoms with Crippen LogP contribution in [0.2, 0.25) is 0 Å². The maximum Gasteiger partial charge on any atom is 0.216 e. The molecule has 0 radical (unpaired) electrons. The van der Waals surface area contributed by atoms with Gasteiger partial charge >= 0.3 is 0 Å². The Morgan fingerprint density at radius 3 is 2.88 bits per heavy atom. The predicted octanol–water partition coefficient (Wildman–Crippen LogP) is 1.98. The van der Waals surface area contributed by atoms with E-state index in [0.29, 0.717) is 37.1 Å². The molecule has 3 N–H and O–H groups in total. The van der Waals surface area contributed by atoms with Gasteiger partial charge in [-0.1, -0.05) is 18.2 Å². The molecule has 0 saturated carbocycles. The Labute approximate surface area is 151 Å². The van der Waals surface area contributed by atoms with Gasteiger partial charge in [-0.05, 0) is 18.2 Å². The lowest BCUT2D eigenvalue weighted by molar-refractivity contribution is 0.409. The quantitative estimate of drug-likeness (QED) is 0.443. The molecule has 0 amide bonds. The molecule has 2 aromatic heterocycles. The van der Waals surface area contributed by atoms with Crippen molar-refractivity contribution in [3.05, 3.63) is 54.0 Å². The average molecular weight is 354 g/mol. The number of H-pyrrole nitrogens is 1. The first-order chi connectivity index (χ1) is 12.8.